The summed E-state index contributed by atoms with van der Waals surface area (Å²) in [5.41, 5.74) is 15.2. The van der Waals surface area contributed by atoms with Gasteiger partial charge in [-0.05, 0) is 94.8 Å². The van der Waals surface area contributed by atoms with Crippen molar-refractivity contribution in [1.29, 1.82) is 0 Å². The molecule has 4 aromatic heterocycles. The lowest BCUT2D eigenvalue weighted by atomic mass is 10.0. The van der Waals surface area contributed by atoms with Gasteiger partial charge < -0.3 is 45.6 Å². The number of amides is 2. The molecule has 2 amide bonds. The number of fused-ring (bicyclic) bond motifs is 2. The first-order valence-electron chi connectivity index (χ1n) is 27.9. The van der Waals surface area contributed by atoms with Gasteiger partial charge in [0, 0.05) is 99.0 Å². The smallest absolute Gasteiger partial charge is 0.270 e. The summed E-state index contributed by atoms with van der Waals surface area (Å²) in [5.74, 6) is 3.49. The molecule has 23 heteroatoms. The number of nitrogens with two attached hydrogens (primary N) is 1. The standard InChI is InChI=1S/C32H34N6O4S.C25H28N6O2.C7H7ClO2S/c1-22(2)24-10-7-11-25(18-24)36-32-37-28-19-26(12-13-30(28)38(32)3)42-27-14-15-33-29(20-27)31(39)34-16-17-35-43(40,41)21-23-8-5-4-6-9-23;1-16(2)17-5-4-6-18(13-17)29-25-30-21-14-19(7-8-23(21)31(25)3)33-20-9-11-27-22(15-20)24(32)28-12-10-26;8-11(9,10)6-7-4-2-1-3-5-7/h4-15,18-20,22,35H,16-17,21H2,1-3H3,(H,34,39)(H,36,37);4-9,11,13-16H,10,12,26H2,1-3H3,(H,28,32)(H,29,30);1-5H,6H2. The highest BCUT2D eigenvalue weighted by atomic mass is 35.7. The highest BCUT2D eigenvalue weighted by Crippen LogP contribution is 2.31. The number of anilines is 4. The number of nitrogens with one attached hydrogen (secondary N) is 5. The number of carbonyl (C=O) groups is 2. The Kier molecular flexibility index (Phi) is 21.8. The van der Waals surface area contributed by atoms with E-state index in [0.29, 0.717) is 65.0 Å². The third-order valence-electron chi connectivity index (χ3n) is 13.3. The lowest BCUT2D eigenvalue weighted by Gasteiger charge is -2.10. The van der Waals surface area contributed by atoms with E-state index in [2.05, 4.69) is 87.9 Å². The van der Waals surface area contributed by atoms with Gasteiger partial charge in [-0.2, -0.15) is 0 Å². The molecule has 0 aliphatic heterocycles. The van der Waals surface area contributed by atoms with Crippen LogP contribution >= 0.6 is 10.7 Å². The number of aryl methyl sites for hydroxylation is 2. The Balaban J connectivity index is 0.000000196. The molecule has 452 valence electrons. The van der Waals surface area contributed by atoms with Crippen LogP contribution in [0.5, 0.6) is 23.0 Å². The van der Waals surface area contributed by atoms with Crippen molar-refractivity contribution in [2.24, 2.45) is 19.8 Å². The van der Waals surface area contributed by atoms with Gasteiger partial charge in [0.1, 0.15) is 34.4 Å². The van der Waals surface area contributed by atoms with Crippen LogP contribution in [0, 0.1) is 0 Å². The maximum atomic E-state index is 12.7. The van der Waals surface area contributed by atoms with E-state index < -0.39 is 25.0 Å². The first-order chi connectivity index (χ1) is 41.7. The summed E-state index contributed by atoms with van der Waals surface area (Å²) in [6.45, 7) is 9.59. The molecule has 0 fully saturated rings. The molecule has 4 heterocycles. The Labute approximate surface area is 511 Å². The largest absolute Gasteiger partial charge is 0.457 e. The van der Waals surface area contributed by atoms with Crippen LogP contribution in [0.2, 0.25) is 0 Å². The predicted molar refractivity (Wildman–Crippen MR) is 343 cm³/mol. The number of imidazole rings is 2. The normalized spacial score (nSPS) is 11.3. The minimum Gasteiger partial charge on any atom is -0.457 e. The summed E-state index contributed by atoms with van der Waals surface area (Å²) in [4.78, 5) is 42.5. The Bertz CT molecular complexity index is 4210. The van der Waals surface area contributed by atoms with Crippen molar-refractivity contribution in [3.8, 4) is 23.0 Å². The van der Waals surface area contributed by atoms with E-state index in [1.54, 1.807) is 72.9 Å². The van der Waals surface area contributed by atoms with Gasteiger partial charge in [-0.25, -0.2) is 31.5 Å². The fraction of sp³-hybridized carbons (Fsp3) is 0.219. The first kappa shape index (κ1) is 63.8. The molecule has 0 aliphatic rings. The molecule has 0 bridgehead atoms. The highest BCUT2D eigenvalue weighted by molar-refractivity contribution is 8.13. The third-order valence-corrected chi connectivity index (χ3v) is 15.6. The lowest BCUT2D eigenvalue weighted by molar-refractivity contribution is 0.0941. The van der Waals surface area contributed by atoms with Crippen LogP contribution < -0.4 is 41.2 Å². The summed E-state index contributed by atoms with van der Waals surface area (Å²) in [6, 6.07) is 52.2. The Morgan fingerprint density at radius 3 is 1.40 bits per heavy atom. The molecular weight excluding hydrogens is 1160 g/mol. The molecule has 10 rings (SSSR count). The average molecular weight is 1230 g/mol. The summed E-state index contributed by atoms with van der Waals surface area (Å²) < 4.78 is 64.2. The molecule has 7 N–H and O–H groups in total. The van der Waals surface area contributed by atoms with Crippen LogP contribution in [0.4, 0.5) is 23.3 Å². The SMILES string of the molecule is CC(C)c1cccc(Nc2nc3cc(Oc4ccnc(C(=O)NCCN)c4)ccc3n2C)c1.CC(C)c1cccc(Nc2nc3cc(Oc4ccnc(C(=O)NCCNS(=O)(=O)Cc5ccccc5)c4)ccc3n2C)c1.O=S(=O)(Cl)Cc1ccccc1. The van der Waals surface area contributed by atoms with Crippen LogP contribution in [0.3, 0.4) is 0 Å². The topological polar surface area (TPSA) is 268 Å². The van der Waals surface area contributed by atoms with E-state index in [-0.39, 0.29) is 41.9 Å². The number of nitrogens with zero attached hydrogens (tertiary/aromatic N) is 6. The number of benzene rings is 6. The molecule has 87 heavy (non-hydrogen) atoms. The first-order valence-corrected chi connectivity index (χ1v) is 32.0. The number of hydrogen-bond acceptors (Lipinski definition) is 15. The zero-order valence-corrected chi connectivity index (χ0v) is 51.3. The van der Waals surface area contributed by atoms with Gasteiger partial charge in [0.05, 0.1) is 33.6 Å². The van der Waals surface area contributed by atoms with Crippen molar-refractivity contribution in [2.75, 3.05) is 36.8 Å². The highest BCUT2D eigenvalue weighted by Gasteiger charge is 2.16. The maximum Gasteiger partial charge on any atom is 0.270 e. The van der Waals surface area contributed by atoms with Gasteiger partial charge in [-0.15, -0.1) is 0 Å². The summed E-state index contributed by atoms with van der Waals surface area (Å²) in [7, 11) is 2.03. The molecule has 0 saturated carbocycles. The second-order valence-corrected chi connectivity index (χ2v) is 25.2. The monoisotopic (exact) mass is 1230 g/mol. The predicted octanol–water partition coefficient (Wildman–Crippen LogP) is 11.5. The fourth-order valence-corrected chi connectivity index (χ4v) is 10.9. The molecule has 0 spiro atoms. The number of sulfonamides is 1. The van der Waals surface area contributed by atoms with E-state index in [4.69, 9.17) is 35.9 Å². The Morgan fingerprint density at radius 1 is 0.529 bits per heavy atom. The van der Waals surface area contributed by atoms with E-state index in [9.17, 15) is 26.4 Å². The zero-order valence-electron chi connectivity index (χ0n) is 48.9. The van der Waals surface area contributed by atoms with Gasteiger partial charge >= 0.3 is 0 Å². The van der Waals surface area contributed by atoms with Crippen molar-refractivity contribution in [2.45, 2.75) is 51.0 Å². The van der Waals surface area contributed by atoms with Crippen LogP contribution in [-0.2, 0) is 44.7 Å². The number of pyridine rings is 2. The van der Waals surface area contributed by atoms with Gasteiger partial charge in [-0.1, -0.05) is 113 Å². The number of ether oxygens (including phenoxy) is 2. The maximum absolute atomic E-state index is 12.7. The van der Waals surface area contributed by atoms with Crippen LogP contribution in [0.1, 0.15) is 82.8 Å². The molecule has 0 unspecified atom stereocenters. The molecule has 0 atom stereocenters. The number of aromatic nitrogens is 6. The van der Waals surface area contributed by atoms with Gasteiger partial charge in [0.2, 0.25) is 31.0 Å². The van der Waals surface area contributed by atoms with Gasteiger partial charge in [0.15, 0.2) is 0 Å². The number of halogens is 1. The van der Waals surface area contributed by atoms with E-state index in [1.165, 1.54) is 23.4 Å². The lowest BCUT2D eigenvalue weighted by Crippen LogP contribution is -2.35. The van der Waals surface area contributed by atoms with Crippen molar-refractivity contribution in [3.05, 3.63) is 216 Å². The van der Waals surface area contributed by atoms with Crippen LogP contribution in [-0.4, -0.2) is 83.9 Å². The minimum absolute atomic E-state index is 0.0567. The molecule has 0 saturated heterocycles. The Hall–Kier alpha value is -9.19. The van der Waals surface area contributed by atoms with Crippen LogP contribution in [0.25, 0.3) is 22.1 Å². The third kappa shape index (κ3) is 18.9. The second-order valence-electron chi connectivity index (χ2n) is 20.7. The van der Waals surface area contributed by atoms with E-state index in [1.807, 2.05) is 96.0 Å². The minimum atomic E-state index is -3.52. The molecular formula is C64H69ClN12O8S2. The molecule has 0 radical (unpaired) electrons. The summed E-state index contributed by atoms with van der Waals surface area (Å²) >= 11 is 0. The number of carbonyl (C=O) groups excluding carboxylic acids is 2. The fourth-order valence-electron chi connectivity index (χ4n) is 8.76. The molecule has 10 aromatic rings. The molecule has 6 aromatic carbocycles. The van der Waals surface area contributed by atoms with Crippen molar-refractivity contribution in [3.63, 3.8) is 0 Å². The van der Waals surface area contributed by atoms with Crippen molar-refractivity contribution < 1.29 is 35.9 Å². The summed E-state index contributed by atoms with van der Waals surface area (Å²) in [6.07, 6.45) is 3.03. The number of rotatable bonds is 22. The average Bonchev–Trinajstić information content (AvgIpc) is 3.96. The zero-order chi connectivity index (χ0) is 62.1. The van der Waals surface area contributed by atoms with Gasteiger partial charge in [0.25, 0.3) is 11.8 Å². The van der Waals surface area contributed by atoms with E-state index >= 15 is 0 Å². The second kappa shape index (κ2) is 29.8. The molecule has 0 aliphatic carbocycles. The van der Waals surface area contributed by atoms with Crippen molar-refractivity contribution >= 4 is 86.9 Å². The molecule has 20 nitrogen and oxygen atoms in total. The van der Waals surface area contributed by atoms with Crippen LogP contribution in [0.15, 0.2) is 182 Å². The van der Waals surface area contributed by atoms with Gasteiger partial charge in [-0.3, -0.25) is 19.6 Å². The van der Waals surface area contributed by atoms with Crippen molar-refractivity contribution in [1.82, 2.24) is 44.4 Å². The Morgan fingerprint density at radius 2 is 0.966 bits per heavy atom. The van der Waals surface area contributed by atoms with E-state index in [0.717, 1.165) is 39.4 Å². The number of hydrogen-bond donors (Lipinski definition) is 6. The summed E-state index contributed by atoms with van der Waals surface area (Å²) in [5, 5.41) is 12.2. The quantitative estimate of drug-likeness (QED) is 0.0272.